The van der Waals surface area contributed by atoms with E-state index in [1.807, 2.05) is 38.1 Å². The summed E-state index contributed by atoms with van der Waals surface area (Å²) >= 11 is 0. The zero-order valence-corrected chi connectivity index (χ0v) is 22.5. The molecule has 1 rings (SSSR count). The van der Waals surface area contributed by atoms with Crippen molar-refractivity contribution in [1.29, 1.82) is 0 Å². The minimum absolute atomic E-state index is 0. The lowest BCUT2D eigenvalue weighted by atomic mass is 10.2. The van der Waals surface area contributed by atoms with Crippen molar-refractivity contribution < 1.29 is 17.9 Å². The van der Waals surface area contributed by atoms with E-state index in [9.17, 15) is 8.42 Å². The maximum Gasteiger partial charge on any atom is 0.211 e. The van der Waals surface area contributed by atoms with Gasteiger partial charge in [-0.25, -0.2) is 13.1 Å². The largest absolute Gasteiger partial charge is 0.491 e. The Morgan fingerprint density at radius 2 is 1.77 bits per heavy atom. The zero-order chi connectivity index (χ0) is 22.4. The van der Waals surface area contributed by atoms with Gasteiger partial charge in [-0.3, -0.25) is 4.99 Å². The number of anilines is 1. The molecule has 8 nitrogen and oxygen atoms in total. The molecule has 1 aromatic rings. The van der Waals surface area contributed by atoms with Gasteiger partial charge in [0.05, 0.1) is 11.9 Å². The molecule has 0 bridgehead atoms. The first-order valence-corrected chi connectivity index (χ1v) is 12.2. The van der Waals surface area contributed by atoms with E-state index >= 15 is 0 Å². The molecule has 31 heavy (non-hydrogen) atoms. The maximum atomic E-state index is 11.6. The fourth-order valence-electron chi connectivity index (χ4n) is 2.33. The van der Waals surface area contributed by atoms with Crippen LogP contribution in [0.25, 0.3) is 0 Å². The number of guanidine groups is 1. The molecule has 0 spiro atoms. The van der Waals surface area contributed by atoms with Crippen LogP contribution in [0.3, 0.4) is 0 Å². The number of benzene rings is 1. The van der Waals surface area contributed by atoms with Gasteiger partial charge in [0.2, 0.25) is 10.0 Å². The van der Waals surface area contributed by atoms with Crippen LogP contribution < -0.4 is 20.1 Å². The number of nitrogens with zero attached hydrogens (tertiary/aromatic N) is 1. The van der Waals surface area contributed by atoms with Gasteiger partial charge in [-0.05, 0) is 57.4 Å². The molecular weight excluding hydrogens is 531 g/mol. The average Bonchev–Trinajstić information content (AvgIpc) is 2.68. The van der Waals surface area contributed by atoms with Crippen molar-refractivity contribution in [2.45, 2.75) is 47.1 Å². The highest BCUT2D eigenvalue weighted by Crippen LogP contribution is 2.16. The van der Waals surface area contributed by atoms with Crippen molar-refractivity contribution in [2.24, 2.45) is 10.9 Å². The summed E-state index contributed by atoms with van der Waals surface area (Å²) in [6.45, 7) is 12.5. The molecule has 0 saturated carbocycles. The molecule has 0 atom stereocenters. The second-order valence-electron chi connectivity index (χ2n) is 7.59. The molecule has 0 unspecified atom stereocenters. The van der Waals surface area contributed by atoms with Gasteiger partial charge >= 0.3 is 0 Å². The van der Waals surface area contributed by atoms with Gasteiger partial charge in [-0.1, -0.05) is 13.8 Å². The lowest BCUT2D eigenvalue weighted by Crippen LogP contribution is -2.38. The first-order chi connectivity index (χ1) is 14.2. The Morgan fingerprint density at radius 3 is 2.35 bits per heavy atom. The summed E-state index contributed by atoms with van der Waals surface area (Å²) in [6.07, 6.45) is 0.927. The summed E-state index contributed by atoms with van der Waals surface area (Å²) < 4.78 is 36.9. The molecule has 3 N–H and O–H groups in total. The Bertz CT molecular complexity index is 725. The average molecular weight is 571 g/mol. The number of halogens is 1. The van der Waals surface area contributed by atoms with E-state index in [0.29, 0.717) is 31.6 Å². The molecule has 0 radical (unpaired) electrons. The monoisotopic (exact) mass is 570 g/mol. The second-order valence-corrected chi connectivity index (χ2v) is 9.69. The number of rotatable bonds is 14. The predicted molar refractivity (Wildman–Crippen MR) is 139 cm³/mol. The van der Waals surface area contributed by atoms with Gasteiger partial charge in [0.1, 0.15) is 5.75 Å². The summed E-state index contributed by atoms with van der Waals surface area (Å²) in [6, 6.07) is 7.63. The molecule has 180 valence electrons. The van der Waals surface area contributed by atoms with Crippen molar-refractivity contribution in [3.05, 3.63) is 24.3 Å². The number of ether oxygens (including phenoxy) is 2. The van der Waals surface area contributed by atoms with Crippen LogP contribution in [-0.4, -0.2) is 59.1 Å². The molecular formula is C21H39IN4O4S. The van der Waals surface area contributed by atoms with Crippen LogP contribution in [0.4, 0.5) is 5.69 Å². The molecule has 0 aromatic heterocycles. The van der Waals surface area contributed by atoms with Crippen molar-refractivity contribution in [1.82, 2.24) is 10.0 Å². The summed E-state index contributed by atoms with van der Waals surface area (Å²) in [5, 5.41) is 6.41. The van der Waals surface area contributed by atoms with Crippen LogP contribution in [0, 0.1) is 5.92 Å². The Kier molecular flexibility index (Phi) is 15.9. The molecule has 0 amide bonds. The smallest absolute Gasteiger partial charge is 0.211 e. The minimum atomic E-state index is -3.21. The molecule has 10 heteroatoms. The first-order valence-electron chi connectivity index (χ1n) is 10.6. The predicted octanol–water partition coefficient (Wildman–Crippen LogP) is 3.45. The number of nitrogens with one attached hydrogen (secondary N) is 3. The van der Waals surface area contributed by atoms with Gasteiger partial charge in [-0.15, -0.1) is 24.0 Å². The highest BCUT2D eigenvalue weighted by Gasteiger charge is 2.06. The van der Waals surface area contributed by atoms with E-state index in [4.69, 9.17) is 9.47 Å². The Balaban J connectivity index is 0.00000900. The van der Waals surface area contributed by atoms with Crippen molar-refractivity contribution in [3.63, 3.8) is 0 Å². The summed E-state index contributed by atoms with van der Waals surface area (Å²) in [5.74, 6) is 1.97. The van der Waals surface area contributed by atoms with E-state index in [1.54, 1.807) is 6.92 Å². The SMILES string of the molecule is CCS(=O)(=O)NCCNC(=NCCCOCC(C)C)Nc1ccc(OC(C)C)cc1.I. The number of hydrogen-bond donors (Lipinski definition) is 3. The topological polar surface area (TPSA) is 101 Å². The molecule has 1 aromatic carbocycles. The normalized spacial score (nSPS) is 12.0. The van der Waals surface area contributed by atoms with Gasteiger partial charge in [0.25, 0.3) is 0 Å². The van der Waals surface area contributed by atoms with Gasteiger partial charge in [-0.2, -0.15) is 0 Å². The van der Waals surface area contributed by atoms with E-state index in [0.717, 1.165) is 24.5 Å². The third-order valence-electron chi connectivity index (χ3n) is 3.78. The highest BCUT2D eigenvalue weighted by atomic mass is 127. The number of aliphatic imine (C=N–C) groups is 1. The fraction of sp³-hybridized carbons (Fsp3) is 0.667. The molecule has 0 saturated heterocycles. The molecule has 0 aliphatic rings. The van der Waals surface area contributed by atoms with E-state index in [1.165, 1.54) is 0 Å². The first kappa shape index (κ1) is 29.9. The Morgan fingerprint density at radius 1 is 1.10 bits per heavy atom. The quantitative estimate of drug-likeness (QED) is 0.137. The lowest BCUT2D eigenvalue weighted by Gasteiger charge is -2.14. The Labute approximate surface area is 205 Å². The molecule has 0 fully saturated rings. The third-order valence-corrected chi connectivity index (χ3v) is 5.18. The standard InChI is InChI=1S/C21H38N4O4S.HI/c1-6-30(26,27)24-14-13-23-21(22-12-7-15-28-16-17(2)3)25-19-8-10-20(11-9-19)29-18(4)5;/h8-11,17-18,24H,6-7,12-16H2,1-5H3,(H2,22,23,25);1H. The van der Waals surface area contributed by atoms with Crippen LogP contribution in [0.2, 0.25) is 0 Å². The van der Waals surface area contributed by atoms with Crippen molar-refractivity contribution in [3.8, 4) is 5.75 Å². The summed E-state index contributed by atoms with van der Waals surface area (Å²) in [5.41, 5.74) is 0.863. The molecule has 0 heterocycles. The Hall–Kier alpha value is -1.11. The summed E-state index contributed by atoms with van der Waals surface area (Å²) in [4.78, 5) is 4.57. The van der Waals surface area contributed by atoms with Crippen molar-refractivity contribution in [2.75, 3.05) is 43.9 Å². The van der Waals surface area contributed by atoms with E-state index < -0.39 is 10.0 Å². The fourth-order valence-corrected chi connectivity index (χ4v) is 2.95. The van der Waals surface area contributed by atoms with E-state index in [2.05, 4.69) is 34.2 Å². The lowest BCUT2D eigenvalue weighted by molar-refractivity contribution is 0.109. The number of hydrogen-bond acceptors (Lipinski definition) is 5. The van der Waals surface area contributed by atoms with Gasteiger partial charge in [0.15, 0.2) is 5.96 Å². The van der Waals surface area contributed by atoms with Crippen LogP contribution in [0.1, 0.15) is 41.0 Å². The minimum Gasteiger partial charge on any atom is -0.491 e. The van der Waals surface area contributed by atoms with Gasteiger partial charge < -0.3 is 20.1 Å². The van der Waals surface area contributed by atoms with Crippen LogP contribution >= 0.6 is 24.0 Å². The maximum absolute atomic E-state index is 11.6. The third kappa shape index (κ3) is 15.4. The van der Waals surface area contributed by atoms with E-state index in [-0.39, 0.29) is 42.4 Å². The summed E-state index contributed by atoms with van der Waals surface area (Å²) in [7, 11) is -3.21. The molecule has 0 aliphatic heterocycles. The highest BCUT2D eigenvalue weighted by molar-refractivity contribution is 14.0. The van der Waals surface area contributed by atoms with Crippen LogP contribution in [-0.2, 0) is 14.8 Å². The second kappa shape index (κ2) is 16.5. The van der Waals surface area contributed by atoms with Crippen molar-refractivity contribution >= 4 is 45.6 Å². The van der Waals surface area contributed by atoms with Crippen LogP contribution in [0.5, 0.6) is 5.75 Å². The van der Waals surface area contributed by atoms with Gasteiger partial charge in [0, 0.05) is 38.5 Å². The molecule has 0 aliphatic carbocycles. The zero-order valence-electron chi connectivity index (χ0n) is 19.3. The number of sulfonamides is 1. The van der Waals surface area contributed by atoms with Crippen LogP contribution in [0.15, 0.2) is 29.3 Å².